The zero-order valence-corrected chi connectivity index (χ0v) is 14.7. The van der Waals surface area contributed by atoms with E-state index in [1.807, 2.05) is 32.2 Å². The first-order valence-corrected chi connectivity index (χ1v) is 8.68. The summed E-state index contributed by atoms with van der Waals surface area (Å²) < 4.78 is 5.60. The number of nitrogens with one attached hydrogen (secondary N) is 1. The third-order valence-corrected chi connectivity index (χ3v) is 4.73. The van der Waals surface area contributed by atoms with Crippen molar-refractivity contribution in [2.24, 2.45) is 0 Å². The lowest BCUT2D eigenvalue weighted by Crippen LogP contribution is -1.97. The first-order valence-electron chi connectivity index (χ1n) is 7.80. The van der Waals surface area contributed by atoms with Crippen LogP contribution in [0.2, 0.25) is 0 Å². The van der Waals surface area contributed by atoms with Gasteiger partial charge in [-0.15, -0.1) is 11.3 Å². The van der Waals surface area contributed by atoms with Crippen LogP contribution in [0.25, 0.3) is 21.8 Å². The number of ether oxygens (including phenoxy) is 1. The fourth-order valence-corrected chi connectivity index (χ4v) is 3.47. The number of rotatable bonds is 5. The van der Waals surface area contributed by atoms with Crippen LogP contribution in [0.3, 0.4) is 0 Å². The zero-order chi connectivity index (χ0) is 17.3. The first kappa shape index (κ1) is 16.3. The van der Waals surface area contributed by atoms with E-state index in [-0.39, 0.29) is 5.75 Å². The summed E-state index contributed by atoms with van der Waals surface area (Å²) in [6, 6.07) is 3.56. The second-order valence-electron chi connectivity index (χ2n) is 5.42. The van der Waals surface area contributed by atoms with E-state index in [2.05, 4.69) is 15.2 Å². The monoisotopic (exact) mass is 344 g/mol. The molecule has 7 heteroatoms. The molecule has 0 aliphatic rings. The summed E-state index contributed by atoms with van der Waals surface area (Å²) in [5.74, 6) is 1.18. The van der Waals surface area contributed by atoms with Gasteiger partial charge in [0.05, 0.1) is 17.9 Å². The van der Waals surface area contributed by atoms with Gasteiger partial charge in [0.25, 0.3) is 0 Å². The standard InChI is InChI=1S/C17H20N4O2S/c1-4-10-6-11(12(22)7-13(10)23-5-2)15-14(16(18)21-20-15)17-19-9(3)8-24-17/h6-8,22H,4-5H2,1-3H3,(H3,18,20,21). The van der Waals surface area contributed by atoms with Gasteiger partial charge in [0.15, 0.2) is 5.82 Å². The molecule has 2 aromatic heterocycles. The molecule has 0 saturated carbocycles. The topological polar surface area (TPSA) is 97.0 Å². The smallest absolute Gasteiger partial charge is 0.156 e. The van der Waals surface area contributed by atoms with Gasteiger partial charge in [0.2, 0.25) is 0 Å². The Kier molecular flexibility index (Phi) is 4.44. The van der Waals surface area contributed by atoms with Crippen LogP contribution in [0.15, 0.2) is 17.5 Å². The Labute approximate surface area is 144 Å². The fraction of sp³-hybridized carbons (Fsp3) is 0.294. The number of phenols is 1. The van der Waals surface area contributed by atoms with Crippen molar-refractivity contribution in [1.82, 2.24) is 15.2 Å². The second-order valence-corrected chi connectivity index (χ2v) is 6.27. The van der Waals surface area contributed by atoms with Crippen molar-refractivity contribution in [3.63, 3.8) is 0 Å². The van der Waals surface area contributed by atoms with Gasteiger partial charge in [-0.05, 0) is 31.9 Å². The molecule has 0 radical (unpaired) electrons. The van der Waals surface area contributed by atoms with Crippen LogP contribution in [-0.4, -0.2) is 26.9 Å². The third kappa shape index (κ3) is 2.82. The van der Waals surface area contributed by atoms with E-state index < -0.39 is 0 Å². The van der Waals surface area contributed by atoms with Crippen LogP contribution in [0, 0.1) is 6.92 Å². The summed E-state index contributed by atoms with van der Waals surface area (Å²) in [5.41, 5.74) is 9.99. The Hall–Kier alpha value is -2.54. The van der Waals surface area contributed by atoms with Crippen LogP contribution >= 0.6 is 11.3 Å². The Morgan fingerprint density at radius 3 is 2.75 bits per heavy atom. The van der Waals surface area contributed by atoms with E-state index >= 15 is 0 Å². The molecule has 4 N–H and O–H groups in total. The molecule has 0 aliphatic heterocycles. The van der Waals surface area contributed by atoms with E-state index in [0.717, 1.165) is 28.2 Å². The zero-order valence-electron chi connectivity index (χ0n) is 13.9. The molecular weight excluding hydrogens is 324 g/mol. The van der Waals surface area contributed by atoms with Gasteiger partial charge in [-0.25, -0.2) is 4.98 Å². The molecule has 0 saturated heterocycles. The van der Waals surface area contributed by atoms with Crippen LogP contribution in [0.1, 0.15) is 25.1 Å². The predicted octanol–water partition coefficient (Wildman–Crippen LogP) is 3.76. The number of phenolic OH excluding ortho intramolecular Hbond substituents is 1. The van der Waals surface area contributed by atoms with Gasteiger partial charge in [-0.3, -0.25) is 5.10 Å². The highest BCUT2D eigenvalue weighted by atomic mass is 32.1. The highest BCUT2D eigenvalue weighted by Gasteiger charge is 2.21. The van der Waals surface area contributed by atoms with Crippen LogP contribution in [0.5, 0.6) is 11.5 Å². The molecule has 3 rings (SSSR count). The SMILES string of the molecule is CCOc1cc(O)c(-c2[nH]nc(N)c2-c2nc(C)cs2)cc1CC. The number of aromatic hydroxyl groups is 1. The van der Waals surface area contributed by atoms with Crippen molar-refractivity contribution in [2.75, 3.05) is 12.3 Å². The number of nitrogens with two attached hydrogens (primary N) is 1. The molecule has 0 spiro atoms. The molecule has 0 amide bonds. The number of nitrogen functional groups attached to an aromatic ring is 1. The number of hydrogen-bond donors (Lipinski definition) is 3. The minimum atomic E-state index is 0.119. The molecule has 1 aromatic carbocycles. The molecule has 0 aliphatic carbocycles. The van der Waals surface area contributed by atoms with Crippen molar-refractivity contribution in [3.05, 3.63) is 28.8 Å². The first-order chi connectivity index (χ1) is 11.5. The Bertz CT molecular complexity index is 870. The summed E-state index contributed by atoms with van der Waals surface area (Å²) in [4.78, 5) is 4.49. The Morgan fingerprint density at radius 2 is 2.12 bits per heavy atom. The van der Waals surface area contributed by atoms with Crippen molar-refractivity contribution in [1.29, 1.82) is 0 Å². The lowest BCUT2D eigenvalue weighted by Gasteiger charge is -2.13. The number of nitrogens with zero attached hydrogens (tertiary/aromatic N) is 2. The quantitative estimate of drug-likeness (QED) is 0.655. The highest BCUT2D eigenvalue weighted by molar-refractivity contribution is 7.13. The van der Waals surface area contributed by atoms with Gasteiger partial charge < -0.3 is 15.6 Å². The number of aromatic amines is 1. The average molecular weight is 344 g/mol. The maximum Gasteiger partial charge on any atom is 0.156 e. The number of thiazole rings is 1. The summed E-state index contributed by atoms with van der Waals surface area (Å²) in [5, 5.41) is 20.3. The second kappa shape index (κ2) is 6.52. The molecule has 2 heterocycles. The minimum Gasteiger partial charge on any atom is -0.507 e. The molecule has 0 unspecified atom stereocenters. The van der Waals surface area contributed by atoms with Crippen molar-refractivity contribution in [3.8, 4) is 33.3 Å². The fourth-order valence-electron chi connectivity index (χ4n) is 2.62. The summed E-state index contributed by atoms with van der Waals surface area (Å²) in [6.07, 6.45) is 0.790. The molecule has 0 atom stereocenters. The molecule has 126 valence electrons. The predicted molar refractivity (Wildman–Crippen MR) is 96.5 cm³/mol. The Morgan fingerprint density at radius 1 is 1.33 bits per heavy atom. The van der Waals surface area contributed by atoms with E-state index in [1.165, 1.54) is 11.3 Å². The third-order valence-electron chi connectivity index (χ3n) is 3.76. The number of anilines is 1. The number of benzene rings is 1. The van der Waals surface area contributed by atoms with Gasteiger partial charge in [0, 0.05) is 22.7 Å². The lowest BCUT2D eigenvalue weighted by atomic mass is 10.0. The van der Waals surface area contributed by atoms with Crippen LogP contribution in [-0.2, 0) is 6.42 Å². The lowest BCUT2D eigenvalue weighted by molar-refractivity contribution is 0.334. The van der Waals surface area contributed by atoms with E-state index in [4.69, 9.17) is 10.5 Å². The van der Waals surface area contributed by atoms with Crippen molar-refractivity contribution >= 4 is 17.2 Å². The van der Waals surface area contributed by atoms with E-state index in [9.17, 15) is 5.11 Å². The maximum absolute atomic E-state index is 10.5. The number of hydrogen-bond acceptors (Lipinski definition) is 6. The molecule has 0 fully saturated rings. The van der Waals surface area contributed by atoms with Crippen LogP contribution in [0.4, 0.5) is 5.82 Å². The Balaban J connectivity index is 2.17. The summed E-state index contributed by atoms with van der Waals surface area (Å²) in [7, 11) is 0. The molecule has 0 bridgehead atoms. The van der Waals surface area contributed by atoms with E-state index in [0.29, 0.717) is 29.4 Å². The largest absolute Gasteiger partial charge is 0.507 e. The normalized spacial score (nSPS) is 11.0. The number of H-pyrrole nitrogens is 1. The number of aryl methyl sites for hydroxylation is 2. The van der Waals surface area contributed by atoms with Gasteiger partial charge in [0.1, 0.15) is 16.5 Å². The van der Waals surface area contributed by atoms with Gasteiger partial charge in [-0.2, -0.15) is 5.10 Å². The highest BCUT2D eigenvalue weighted by Crippen LogP contribution is 2.42. The maximum atomic E-state index is 10.5. The average Bonchev–Trinajstić information content (AvgIpc) is 3.13. The van der Waals surface area contributed by atoms with Crippen LogP contribution < -0.4 is 10.5 Å². The van der Waals surface area contributed by atoms with Gasteiger partial charge >= 0.3 is 0 Å². The molecular formula is C17H20N4O2S. The van der Waals surface area contributed by atoms with Crippen molar-refractivity contribution in [2.45, 2.75) is 27.2 Å². The summed E-state index contributed by atoms with van der Waals surface area (Å²) >= 11 is 1.50. The van der Waals surface area contributed by atoms with E-state index in [1.54, 1.807) is 6.07 Å². The molecule has 3 aromatic rings. The summed E-state index contributed by atoms with van der Waals surface area (Å²) in [6.45, 7) is 6.44. The van der Waals surface area contributed by atoms with Crippen molar-refractivity contribution < 1.29 is 9.84 Å². The van der Waals surface area contributed by atoms with Gasteiger partial charge in [-0.1, -0.05) is 6.92 Å². The molecule has 24 heavy (non-hydrogen) atoms. The number of aromatic nitrogens is 3. The minimum absolute atomic E-state index is 0.119. The molecule has 6 nitrogen and oxygen atoms in total.